The average molecular weight is 466 g/mol. The first-order valence-corrected chi connectivity index (χ1v) is 9.48. The lowest BCUT2D eigenvalue weighted by Crippen LogP contribution is -2.40. The zero-order valence-corrected chi connectivity index (χ0v) is 17.9. The fraction of sp³-hybridized carbons (Fsp3) is 0.227. The topological polar surface area (TPSA) is 103 Å². The van der Waals surface area contributed by atoms with E-state index in [9.17, 15) is 27.6 Å². The molecule has 0 radical (unpaired) electrons. The van der Waals surface area contributed by atoms with Crippen LogP contribution in [0.5, 0.6) is 11.5 Å². The number of benzene rings is 2. The molecule has 0 spiro atoms. The Labute approximate surface area is 187 Å². The first-order valence-electron chi connectivity index (χ1n) is 9.48. The van der Waals surface area contributed by atoms with Gasteiger partial charge in [0.15, 0.2) is 23.6 Å². The predicted octanol–water partition coefficient (Wildman–Crippen LogP) is 2.82. The third-order valence-corrected chi connectivity index (χ3v) is 4.23. The highest BCUT2D eigenvalue weighted by molar-refractivity contribution is 5.96. The van der Waals surface area contributed by atoms with Crippen molar-refractivity contribution >= 4 is 29.5 Å². The van der Waals surface area contributed by atoms with Crippen molar-refractivity contribution in [2.45, 2.75) is 13.0 Å². The van der Waals surface area contributed by atoms with Gasteiger partial charge in [0.1, 0.15) is 11.5 Å². The fourth-order valence-electron chi connectivity index (χ4n) is 2.51. The number of carbonyl (C=O) groups is 3. The van der Waals surface area contributed by atoms with E-state index in [0.717, 1.165) is 12.1 Å². The highest BCUT2D eigenvalue weighted by atomic mass is 19.2. The Kier molecular flexibility index (Phi) is 8.84. The third kappa shape index (κ3) is 6.99. The minimum atomic E-state index is -1.74. The summed E-state index contributed by atoms with van der Waals surface area (Å²) in [5.74, 6) is -6.24. The van der Waals surface area contributed by atoms with E-state index in [1.54, 1.807) is 18.2 Å². The smallest absolute Gasteiger partial charge is 0.331 e. The molecule has 0 bridgehead atoms. The molecular formula is C22H21F3N2O6. The molecule has 0 saturated carbocycles. The maximum Gasteiger partial charge on any atom is 0.331 e. The Bertz CT molecular complexity index is 1070. The van der Waals surface area contributed by atoms with Crippen molar-refractivity contribution in [2.75, 3.05) is 26.1 Å². The molecule has 0 heterocycles. The number of halogens is 3. The molecular weight excluding hydrogens is 445 g/mol. The second kappa shape index (κ2) is 11.6. The Morgan fingerprint density at radius 1 is 1.03 bits per heavy atom. The molecule has 0 aromatic heterocycles. The number of methoxy groups -OCH3 is 2. The number of hydrogen-bond acceptors (Lipinski definition) is 6. The Balaban J connectivity index is 1.86. The lowest BCUT2D eigenvalue weighted by atomic mass is 10.1. The van der Waals surface area contributed by atoms with Crippen molar-refractivity contribution < 1.29 is 41.8 Å². The molecule has 2 aromatic carbocycles. The fourth-order valence-corrected chi connectivity index (χ4v) is 2.51. The van der Waals surface area contributed by atoms with Crippen LogP contribution in [-0.2, 0) is 19.1 Å². The number of nitrogens with one attached hydrogen (secondary N) is 2. The van der Waals surface area contributed by atoms with E-state index < -0.39 is 53.6 Å². The van der Waals surface area contributed by atoms with Crippen molar-refractivity contribution in [3.63, 3.8) is 0 Å². The summed E-state index contributed by atoms with van der Waals surface area (Å²) < 4.78 is 55.0. The molecule has 11 heteroatoms. The van der Waals surface area contributed by atoms with Crippen LogP contribution in [0.25, 0.3) is 6.08 Å². The van der Waals surface area contributed by atoms with E-state index in [-0.39, 0.29) is 0 Å². The van der Waals surface area contributed by atoms with Gasteiger partial charge >= 0.3 is 5.97 Å². The maximum atomic E-state index is 13.6. The molecule has 0 aliphatic heterocycles. The number of carbonyl (C=O) groups excluding carboxylic acids is 3. The van der Waals surface area contributed by atoms with Gasteiger partial charge in [-0.1, -0.05) is 0 Å². The second-order valence-electron chi connectivity index (χ2n) is 6.51. The van der Waals surface area contributed by atoms with Crippen LogP contribution < -0.4 is 20.1 Å². The Morgan fingerprint density at radius 2 is 1.76 bits per heavy atom. The van der Waals surface area contributed by atoms with Crippen LogP contribution in [0.15, 0.2) is 36.4 Å². The number of rotatable bonds is 9. The molecule has 8 nitrogen and oxygen atoms in total. The van der Waals surface area contributed by atoms with Crippen LogP contribution in [0.3, 0.4) is 0 Å². The van der Waals surface area contributed by atoms with Gasteiger partial charge in [-0.15, -0.1) is 0 Å². The van der Waals surface area contributed by atoms with Crippen LogP contribution in [0, 0.1) is 17.5 Å². The van der Waals surface area contributed by atoms with Crippen molar-refractivity contribution in [2.24, 2.45) is 0 Å². The number of esters is 1. The monoisotopic (exact) mass is 466 g/mol. The molecule has 2 N–H and O–H groups in total. The molecule has 176 valence electrons. The lowest BCUT2D eigenvalue weighted by molar-refractivity contribution is -0.150. The van der Waals surface area contributed by atoms with E-state index in [1.807, 2.05) is 5.32 Å². The molecule has 0 fully saturated rings. The summed E-state index contributed by atoms with van der Waals surface area (Å²) in [5.41, 5.74) is -0.0276. The largest absolute Gasteiger partial charge is 0.497 e. The van der Waals surface area contributed by atoms with E-state index in [0.29, 0.717) is 23.1 Å². The minimum absolute atomic E-state index is 0.452. The SMILES string of the molecule is COc1ccc(/C=C/C(=O)OC(C)C(=O)NCC(=O)Nc2ccc(F)c(F)c2F)c(OC)c1. The zero-order chi connectivity index (χ0) is 24.5. The summed E-state index contributed by atoms with van der Waals surface area (Å²) in [6.45, 7) is 0.653. The highest BCUT2D eigenvalue weighted by Gasteiger charge is 2.19. The Morgan fingerprint density at radius 3 is 2.42 bits per heavy atom. The van der Waals surface area contributed by atoms with E-state index in [1.165, 1.54) is 27.2 Å². The van der Waals surface area contributed by atoms with E-state index in [2.05, 4.69) is 5.32 Å². The van der Waals surface area contributed by atoms with Gasteiger partial charge in [0, 0.05) is 17.7 Å². The van der Waals surface area contributed by atoms with Crippen LogP contribution in [0.2, 0.25) is 0 Å². The van der Waals surface area contributed by atoms with E-state index in [4.69, 9.17) is 14.2 Å². The van der Waals surface area contributed by atoms with Gasteiger partial charge in [0.05, 0.1) is 26.5 Å². The maximum absolute atomic E-state index is 13.6. The lowest BCUT2D eigenvalue weighted by Gasteiger charge is -2.13. The van der Waals surface area contributed by atoms with Crippen LogP contribution >= 0.6 is 0 Å². The first kappa shape index (κ1) is 25.2. The third-order valence-electron chi connectivity index (χ3n) is 4.23. The standard InChI is InChI=1S/C22H21F3N2O6/c1-12(33-19(29)9-5-13-4-6-14(31-2)10-17(13)32-3)22(30)26-11-18(28)27-16-8-7-15(23)20(24)21(16)25/h4-10,12H,11H2,1-3H3,(H,26,30)(H,27,28)/b9-5+. The molecule has 2 aromatic rings. The summed E-state index contributed by atoms with van der Waals surface area (Å²) in [7, 11) is 2.95. The van der Waals surface area contributed by atoms with Crippen LogP contribution in [-0.4, -0.2) is 44.7 Å². The molecule has 1 unspecified atom stereocenters. The number of ether oxygens (including phenoxy) is 3. The van der Waals surface area contributed by atoms with Gasteiger partial charge in [-0.05, 0) is 37.3 Å². The minimum Gasteiger partial charge on any atom is -0.497 e. The van der Waals surface area contributed by atoms with Crippen molar-refractivity contribution in [3.05, 3.63) is 59.4 Å². The van der Waals surface area contributed by atoms with Crippen LogP contribution in [0.4, 0.5) is 18.9 Å². The molecule has 0 aliphatic rings. The number of amides is 2. The Hall–Kier alpha value is -4.02. The molecule has 0 saturated heterocycles. The second-order valence-corrected chi connectivity index (χ2v) is 6.51. The summed E-state index contributed by atoms with van der Waals surface area (Å²) in [5, 5.41) is 4.18. The summed E-state index contributed by atoms with van der Waals surface area (Å²) >= 11 is 0. The average Bonchev–Trinajstić information content (AvgIpc) is 2.81. The molecule has 2 amide bonds. The van der Waals surface area contributed by atoms with Crippen LogP contribution in [0.1, 0.15) is 12.5 Å². The summed E-state index contributed by atoms with van der Waals surface area (Å²) in [6.07, 6.45) is 1.26. The number of anilines is 1. The quantitative estimate of drug-likeness (QED) is 0.335. The molecule has 1 atom stereocenters. The van der Waals surface area contributed by atoms with Gasteiger partial charge in [-0.25, -0.2) is 18.0 Å². The normalized spacial score (nSPS) is 11.6. The first-order chi connectivity index (χ1) is 15.7. The van der Waals surface area contributed by atoms with Gasteiger partial charge in [-0.3, -0.25) is 9.59 Å². The van der Waals surface area contributed by atoms with Crippen molar-refractivity contribution in [3.8, 4) is 11.5 Å². The number of hydrogen-bond donors (Lipinski definition) is 2. The van der Waals surface area contributed by atoms with E-state index >= 15 is 0 Å². The van der Waals surface area contributed by atoms with Crippen molar-refractivity contribution in [1.82, 2.24) is 5.32 Å². The summed E-state index contributed by atoms with van der Waals surface area (Å²) in [4.78, 5) is 35.9. The molecule has 2 rings (SSSR count). The van der Waals surface area contributed by atoms with Gasteiger partial charge in [0.2, 0.25) is 5.91 Å². The highest BCUT2D eigenvalue weighted by Crippen LogP contribution is 2.25. The van der Waals surface area contributed by atoms with Crippen molar-refractivity contribution in [1.29, 1.82) is 0 Å². The summed E-state index contributed by atoms with van der Waals surface area (Å²) in [6, 6.07) is 6.43. The van der Waals surface area contributed by atoms with Gasteiger partial charge < -0.3 is 24.8 Å². The predicted molar refractivity (Wildman–Crippen MR) is 112 cm³/mol. The molecule has 0 aliphatic carbocycles. The van der Waals surface area contributed by atoms with Gasteiger partial charge in [-0.2, -0.15) is 0 Å². The molecule has 33 heavy (non-hydrogen) atoms. The van der Waals surface area contributed by atoms with Gasteiger partial charge in [0.25, 0.3) is 5.91 Å². The zero-order valence-electron chi connectivity index (χ0n) is 17.9.